The number of likely N-dealkylation sites (tertiary alicyclic amines) is 1. The van der Waals surface area contributed by atoms with Crippen molar-refractivity contribution in [2.75, 3.05) is 13.1 Å². The van der Waals surface area contributed by atoms with E-state index in [-0.39, 0.29) is 23.9 Å². The highest BCUT2D eigenvalue weighted by molar-refractivity contribution is 5.79. The summed E-state index contributed by atoms with van der Waals surface area (Å²) in [5.74, 6) is 0.334. The molecule has 1 aliphatic rings. The fourth-order valence-corrected chi connectivity index (χ4v) is 2.77. The number of carbonyl (C=O) groups excluding carboxylic acids is 2. The summed E-state index contributed by atoms with van der Waals surface area (Å²) in [6.45, 7) is 7.55. The lowest BCUT2D eigenvalue weighted by atomic mass is 9.89. The maximum Gasteiger partial charge on any atom is 0.234 e. The van der Waals surface area contributed by atoms with Crippen LogP contribution in [0.4, 0.5) is 0 Å². The van der Waals surface area contributed by atoms with Gasteiger partial charge in [0.2, 0.25) is 11.8 Å². The Morgan fingerprint density at radius 3 is 2.53 bits per heavy atom. The summed E-state index contributed by atoms with van der Waals surface area (Å²) >= 11 is 0. The van der Waals surface area contributed by atoms with E-state index in [1.54, 1.807) is 0 Å². The van der Waals surface area contributed by atoms with E-state index in [9.17, 15) is 9.59 Å². The van der Waals surface area contributed by atoms with E-state index in [1.165, 1.54) is 0 Å². The van der Waals surface area contributed by atoms with Gasteiger partial charge in [0.25, 0.3) is 0 Å². The smallest absolute Gasteiger partial charge is 0.234 e. The Labute approximate surface area is 115 Å². The second-order valence-electron chi connectivity index (χ2n) is 5.29. The molecule has 5 nitrogen and oxygen atoms in total. The molecular weight excluding hydrogens is 242 g/mol. The lowest BCUT2D eigenvalue weighted by Crippen LogP contribution is -2.55. The molecule has 5 heteroatoms. The largest absolute Gasteiger partial charge is 0.368 e. The van der Waals surface area contributed by atoms with E-state index in [2.05, 4.69) is 12.2 Å². The van der Waals surface area contributed by atoms with Crippen LogP contribution in [-0.4, -0.2) is 41.9 Å². The Morgan fingerprint density at radius 2 is 2.05 bits per heavy atom. The highest BCUT2D eigenvalue weighted by Crippen LogP contribution is 2.21. The molecule has 0 aliphatic carbocycles. The van der Waals surface area contributed by atoms with Crippen LogP contribution in [0, 0.1) is 5.92 Å². The number of amides is 2. The Morgan fingerprint density at radius 1 is 1.37 bits per heavy atom. The molecule has 0 spiro atoms. The van der Waals surface area contributed by atoms with Gasteiger partial charge in [-0.05, 0) is 18.8 Å². The number of nitrogens with zero attached hydrogens (tertiary/aromatic N) is 1. The molecule has 2 amide bonds. The molecule has 0 radical (unpaired) electrons. The Kier molecular flexibility index (Phi) is 6.28. The molecule has 0 aromatic rings. The van der Waals surface area contributed by atoms with Gasteiger partial charge in [-0.2, -0.15) is 0 Å². The predicted molar refractivity (Wildman–Crippen MR) is 75.5 cm³/mol. The third kappa shape index (κ3) is 4.20. The van der Waals surface area contributed by atoms with Gasteiger partial charge in [-0.1, -0.05) is 27.2 Å². The summed E-state index contributed by atoms with van der Waals surface area (Å²) < 4.78 is 0. The number of hydrogen-bond acceptors (Lipinski definition) is 3. The minimum absolute atomic E-state index is 0.221. The van der Waals surface area contributed by atoms with Gasteiger partial charge in [0.15, 0.2) is 0 Å². The molecule has 19 heavy (non-hydrogen) atoms. The van der Waals surface area contributed by atoms with E-state index in [0.717, 1.165) is 25.9 Å². The summed E-state index contributed by atoms with van der Waals surface area (Å²) in [6.07, 6.45) is 3.17. The number of piperidine rings is 1. The molecule has 1 aliphatic heterocycles. The minimum Gasteiger partial charge on any atom is -0.368 e. The van der Waals surface area contributed by atoms with Crippen molar-refractivity contribution in [2.45, 2.75) is 58.5 Å². The highest BCUT2D eigenvalue weighted by Gasteiger charge is 2.31. The molecule has 1 fully saturated rings. The van der Waals surface area contributed by atoms with Crippen molar-refractivity contribution in [3.63, 3.8) is 0 Å². The zero-order valence-electron chi connectivity index (χ0n) is 12.3. The van der Waals surface area contributed by atoms with Gasteiger partial charge in [-0.15, -0.1) is 0 Å². The molecule has 110 valence electrons. The number of rotatable bonds is 6. The molecule has 1 heterocycles. The van der Waals surface area contributed by atoms with Crippen LogP contribution in [0.3, 0.4) is 0 Å². The topological polar surface area (TPSA) is 75.4 Å². The summed E-state index contributed by atoms with van der Waals surface area (Å²) in [5, 5.41) is 3.37. The lowest BCUT2D eigenvalue weighted by molar-refractivity contribution is -0.133. The van der Waals surface area contributed by atoms with Gasteiger partial charge >= 0.3 is 0 Å². The second kappa shape index (κ2) is 7.48. The first-order valence-corrected chi connectivity index (χ1v) is 7.36. The maximum absolute atomic E-state index is 11.8. The molecule has 0 bridgehead atoms. The van der Waals surface area contributed by atoms with Crippen molar-refractivity contribution < 1.29 is 9.59 Å². The zero-order chi connectivity index (χ0) is 14.4. The molecule has 1 saturated heterocycles. The SMILES string of the molecule is CCC(=O)N1CC[C@H](N[C@H](CC)C(N)=O)[C@H](CC)C1. The zero-order valence-corrected chi connectivity index (χ0v) is 12.3. The minimum atomic E-state index is -0.288. The van der Waals surface area contributed by atoms with Crippen LogP contribution in [0.1, 0.15) is 46.5 Å². The number of carbonyl (C=O) groups is 2. The number of hydrogen-bond donors (Lipinski definition) is 2. The van der Waals surface area contributed by atoms with Crippen LogP contribution in [0.5, 0.6) is 0 Å². The summed E-state index contributed by atoms with van der Waals surface area (Å²) in [4.78, 5) is 25.0. The van der Waals surface area contributed by atoms with Crippen molar-refractivity contribution in [2.24, 2.45) is 11.7 Å². The Balaban J connectivity index is 2.61. The first-order valence-electron chi connectivity index (χ1n) is 7.36. The van der Waals surface area contributed by atoms with Gasteiger partial charge < -0.3 is 16.0 Å². The monoisotopic (exact) mass is 269 g/mol. The second-order valence-corrected chi connectivity index (χ2v) is 5.29. The van der Waals surface area contributed by atoms with Crippen molar-refractivity contribution >= 4 is 11.8 Å². The molecule has 0 aromatic heterocycles. The average Bonchev–Trinajstić information content (AvgIpc) is 2.43. The lowest BCUT2D eigenvalue weighted by Gasteiger charge is -2.40. The van der Waals surface area contributed by atoms with Gasteiger partial charge in [-0.3, -0.25) is 9.59 Å². The highest BCUT2D eigenvalue weighted by atomic mass is 16.2. The maximum atomic E-state index is 11.8. The summed E-state index contributed by atoms with van der Waals surface area (Å²) in [6, 6.07) is 0.0239. The normalized spacial score (nSPS) is 25.1. The molecule has 1 rings (SSSR count). The van der Waals surface area contributed by atoms with E-state index in [1.807, 2.05) is 18.7 Å². The predicted octanol–water partition coefficient (Wildman–Crippen LogP) is 0.877. The van der Waals surface area contributed by atoms with Crippen molar-refractivity contribution in [1.82, 2.24) is 10.2 Å². The third-order valence-electron chi connectivity index (χ3n) is 4.08. The van der Waals surface area contributed by atoms with Crippen LogP contribution < -0.4 is 11.1 Å². The van der Waals surface area contributed by atoms with E-state index in [0.29, 0.717) is 18.8 Å². The van der Waals surface area contributed by atoms with Gasteiger partial charge in [0.1, 0.15) is 0 Å². The van der Waals surface area contributed by atoms with Gasteiger partial charge in [-0.25, -0.2) is 0 Å². The Hall–Kier alpha value is -1.10. The fourth-order valence-electron chi connectivity index (χ4n) is 2.77. The first kappa shape index (κ1) is 16.0. The number of primary amides is 1. The van der Waals surface area contributed by atoms with Crippen LogP contribution in [0.2, 0.25) is 0 Å². The quantitative estimate of drug-likeness (QED) is 0.751. The summed E-state index contributed by atoms with van der Waals surface area (Å²) in [5.41, 5.74) is 5.38. The van der Waals surface area contributed by atoms with Crippen molar-refractivity contribution in [3.8, 4) is 0 Å². The van der Waals surface area contributed by atoms with Crippen LogP contribution in [0.15, 0.2) is 0 Å². The van der Waals surface area contributed by atoms with Crippen molar-refractivity contribution in [3.05, 3.63) is 0 Å². The third-order valence-corrected chi connectivity index (χ3v) is 4.08. The molecule has 0 unspecified atom stereocenters. The van der Waals surface area contributed by atoms with Crippen LogP contribution in [-0.2, 0) is 9.59 Å². The van der Waals surface area contributed by atoms with Crippen molar-refractivity contribution in [1.29, 1.82) is 0 Å². The molecule has 3 atom stereocenters. The van der Waals surface area contributed by atoms with Gasteiger partial charge in [0, 0.05) is 25.6 Å². The Bertz CT molecular complexity index is 320. The first-order chi connectivity index (χ1) is 9.03. The summed E-state index contributed by atoms with van der Waals surface area (Å²) in [7, 11) is 0. The molecule has 0 saturated carbocycles. The van der Waals surface area contributed by atoms with Gasteiger partial charge in [0.05, 0.1) is 6.04 Å². The number of nitrogens with one attached hydrogen (secondary N) is 1. The average molecular weight is 269 g/mol. The van der Waals surface area contributed by atoms with E-state index < -0.39 is 0 Å². The van der Waals surface area contributed by atoms with Crippen LogP contribution >= 0.6 is 0 Å². The van der Waals surface area contributed by atoms with E-state index in [4.69, 9.17) is 5.73 Å². The van der Waals surface area contributed by atoms with E-state index >= 15 is 0 Å². The number of nitrogens with two attached hydrogens (primary N) is 1. The molecule has 3 N–H and O–H groups in total. The standard InChI is InChI=1S/C14H27N3O2/c1-4-10-9-17(13(18)6-3)8-7-12(10)16-11(5-2)14(15)19/h10-12,16H,4-9H2,1-3H3,(H2,15,19)/t10-,11-,12+/m1/s1. The fraction of sp³-hybridized carbons (Fsp3) is 0.857. The molecular formula is C14H27N3O2. The van der Waals surface area contributed by atoms with Crippen LogP contribution in [0.25, 0.3) is 0 Å². The molecule has 0 aromatic carbocycles.